The molecule has 0 aliphatic heterocycles. The zero-order valence-corrected chi connectivity index (χ0v) is 16.8. The number of aliphatic hydroxyl groups is 1. The third kappa shape index (κ3) is 2.88. The van der Waals surface area contributed by atoms with Crippen molar-refractivity contribution >= 4 is 40.6 Å². The smallest absolute Gasteiger partial charge is 0.238 e. The molecule has 0 spiro atoms. The minimum absolute atomic E-state index is 0.0213. The van der Waals surface area contributed by atoms with Gasteiger partial charge in [-0.3, -0.25) is 28.8 Å². The second-order valence-corrected chi connectivity index (χ2v) is 8.49. The molecular weight excluding hydrogens is 422 g/mol. The predicted octanol–water partition coefficient (Wildman–Crippen LogP) is -1.78. The van der Waals surface area contributed by atoms with Crippen LogP contribution in [-0.4, -0.2) is 57.3 Å². The summed E-state index contributed by atoms with van der Waals surface area (Å²) in [5.74, 6) is -11.5. The number of rotatable bonds is 3. The highest BCUT2D eigenvalue weighted by molar-refractivity contribution is 6.31. The number of ketones is 4. The summed E-state index contributed by atoms with van der Waals surface area (Å²) in [6.07, 6.45) is -0.195. The molecule has 2 amide bonds. The second kappa shape index (κ2) is 7.31. The number of phenols is 1. The van der Waals surface area contributed by atoms with Gasteiger partial charge in [-0.05, 0) is 30.4 Å². The van der Waals surface area contributed by atoms with E-state index in [9.17, 15) is 39.0 Å². The van der Waals surface area contributed by atoms with Crippen LogP contribution >= 0.6 is 0 Å². The van der Waals surface area contributed by atoms with Crippen LogP contribution < -0.4 is 16.8 Å². The van der Waals surface area contributed by atoms with Crippen molar-refractivity contribution in [3.05, 3.63) is 23.3 Å². The van der Waals surface area contributed by atoms with Crippen molar-refractivity contribution in [2.45, 2.75) is 24.9 Å². The van der Waals surface area contributed by atoms with Gasteiger partial charge in [-0.1, -0.05) is 6.07 Å². The molecule has 0 saturated heterocycles. The molecule has 0 bridgehead atoms. The highest BCUT2D eigenvalue weighted by Gasteiger charge is 2.66. The molecule has 168 valence electrons. The van der Waals surface area contributed by atoms with Gasteiger partial charge in [0.15, 0.2) is 34.7 Å². The van der Waals surface area contributed by atoms with Crippen molar-refractivity contribution in [3.63, 3.8) is 0 Å². The molecule has 5 atom stereocenters. The van der Waals surface area contributed by atoms with E-state index in [1.165, 1.54) is 12.1 Å². The molecule has 7 N–H and O–H groups in total. The standard InChI is InChI=1S/C21H21N3O8/c22-6-12(26)24-10-2-1-7-3-8-4-9-5-11(25)15(20(23)31)19(30)21(9,32)18(29)14(8)17(28)13(7)16(10)27/h1-2,8-9,14-15,27,32H,3-6,22H2,(H2,23,31)(H,24,26)/t8-,9-,14?,15?,21-/m0/s1. The molecule has 2 unspecified atom stereocenters. The van der Waals surface area contributed by atoms with E-state index in [0.717, 1.165) is 0 Å². The Morgan fingerprint density at radius 3 is 2.44 bits per heavy atom. The minimum atomic E-state index is -2.69. The summed E-state index contributed by atoms with van der Waals surface area (Å²) in [5, 5.41) is 24.1. The van der Waals surface area contributed by atoms with Gasteiger partial charge in [-0.25, -0.2) is 0 Å². The SMILES string of the molecule is NCC(=O)Nc1ccc2c(c1O)C(=O)C1C(=O)[C@]3(O)C(=O)C(C(N)=O)C(=O)C[C@@H]3C[C@@H]1C2. The van der Waals surface area contributed by atoms with E-state index in [-0.39, 0.29) is 37.1 Å². The van der Waals surface area contributed by atoms with Gasteiger partial charge in [0.25, 0.3) is 0 Å². The molecule has 1 aromatic rings. The van der Waals surface area contributed by atoms with Crippen LogP contribution in [0, 0.1) is 23.7 Å². The Kier molecular flexibility index (Phi) is 4.98. The van der Waals surface area contributed by atoms with Gasteiger partial charge in [-0.2, -0.15) is 0 Å². The summed E-state index contributed by atoms with van der Waals surface area (Å²) in [6.45, 7) is -0.357. The van der Waals surface area contributed by atoms with Gasteiger partial charge >= 0.3 is 0 Å². The maximum Gasteiger partial charge on any atom is 0.238 e. The first-order valence-electron chi connectivity index (χ1n) is 10.0. The van der Waals surface area contributed by atoms with E-state index in [2.05, 4.69) is 5.32 Å². The molecule has 32 heavy (non-hydrogen) atoms. The lowest BCUT2D eigenvalue weighted by Gasteiger charge is -2.48. The fraction of sp³-hybridized carbons (Fsp3) is 0.429. The van der Waals surface area contributed by atoms with E-state index in [4.69, 9.17) is 11.5 Å². The van der Waals surface area contributed by atoms with Gasteiger partial charge in [0.1, 0.15) is 5.75 Å². The normalized spacial score (nSPS) is 31.4. The monoisotopic (exact) mass is 443 g/mol. The number of nitrogens with one attached hydrogen (secondary N) is 1. The van der Waals surface area contributed by atoms with Gasteiger partial charge in [0.05, 0.1) is 23.7 Å². The second-order valence-electron chi connectivity index (χ2n) is 8.49. The molecule has 3 aliphatic carbocycles. The predicted molar refractivity (Wildman–Crippen MR) is 106 cm³/mol. The summed E-state index contributed by atoms with van der Waals surface area (Å²) < 4.78 is 0. The number of amides is 2. The fourth-order valence-electron chi connectivity index (χ4n) is 5.25. The van der Waals surface area contributed by atoms with Crippen molar-refractivity contribution < 1.29 is 39.0 Å². The third-order valence-corrected chi connectivity index (χ3v) is 6.73. The first kappa shape index (κ1) is 21.8. The molecule has 2 saturated carbocycles. The molecular formula is C21H21N3O8. The number of fused-ring (bicyclic) bond motifs is 3. The number of hydrogen-bond donors (Lipinski definition) is 5. The quantitative estimate of drug-likeness (QED) is 0.264. The van der Waals surface area contributed by atoms with Crippen LogP contribution in [0.4, 0.5) is 5.69 Å². The molecule has 11 nitrogen and oxygen atoms in total. The van der Waals surface area contributed by atoms with Crippen molar-refractivity contribution in [1.29, 1.82) is 0 Å². The van der Waals surface area contributed by atoms with Gasteiger partial charge in [-0.15, -0.1) is 0 Å². The van der Waals surface area contributed by atoms with Crippen LogP contribution in [0.5, 0.6) is 5.75 Å². The molecule has 1 aromatic carbocycles. The molecule has 0 radical (unpaired) electrons. The number of phenolic OH excluding ortho intramolecular Hbond substituents is 1. The van der Waals surface area contributed by atoms with E-state index in [0.29, 0.717) is 5.56 Å². The van der Waals surface area contributed by atoms with Crippen molar-refractivity contribution in [2.75, 3.05) is 11.9 Å². The van der Waals surface area contributed by atoms with Crippen molar-refractivity contribution in [3.8, 4) is 5.75 Å². The van der Waals surface area contributed by atoms with Crippen LogP contribution in [0.3, 0.4) is 0 Å². The highest BCUT2D eigenvalue weighted by atomic mass is 16.3. The molecule has 0 aromatic heterocycles. The largest absolute Gasteiger partial charge is 0.505 e. The third-order valence-electron chi connectivity index (χ3n) is 6.73. The minimum Gasteiger partial charge on any atom is -0.505 e. The zero-order chi connectivity index (χ0) is 23.5. The average Bonchev–Trinajstić information content (AvgIpc) is 2.72. The number of primary amides is 1. The van der Waals surface area contributed by atoms with Crippen molar-refractivity contribution in [1.82, 2.24) is 0 Å². The number of benzene rings is 1. The number of hydrogen-bond acceptors (Lipinski definition) is 9. The maximum absolute atomic E-state index is 13.3. The van der Waals surface area contributed by atoms with Crippen LogP contribution in [0.1, 0.15) is 28.8 Å². The number of anilines is 1. The van der Waals surface area contributed by atoms with Crippen LogP contribution in [-0.2, 0) is 30.4 Å². The molecule has 2 fully saturated rings. The molecule has 3 aliphatic rings. The molecule has 0 heterocycles. The summed E-state index contributed by atoms with van der Waals surface area (Å²) in [7, 11) is 0. The lowest BCUT2D eigenvalue weighted by atomic mass is 9.54. The Hall–Kier alpha value is -3.44. The first-order valence-corrected chi connectivity index (χ1v) is 10.0. The van der Waals surface area contributed by atoms with E-state index < -0.39 is 70.0 Å². The summed E-state index contributed by atoms with van der Waals surface area (Å²) in [4.78, 5) is 74.9. The topological polar surface area (TPSA) is 207 Å². The molecule has 11 heteroatoms. The Balaban J connectivity index is 1.76. The Labute approximate surface area is 181 Å². The van der Waals surface area contributed by atoms with Crippen LogP contribution in [0.25, 0.3) is 0 Å². The van der Waals surface area contributed by atoms with E-state index in [1.807, 2.05) is 0 Å². The first-order chi connectivity index (χ1) is 15.0. The Morgan fingerprint density at radius 2 is 1.81 bits per heavy atom. The van der Waals surface area contributed by atoms with E-state index >= 15 is 0 Å². The number of carbonyl (C=O) groups excluding carboxylic acids is 6. The fourth-order valence-corrected chi connectivity index (χ4v) is 5.25. The lowest BCUT2D eigenvalue weighted by Crippen LogP contribution is -2.68. The van der Waals surface area contributed by atoms with Gasteiger partial charge in [0, 0.05) is 12.3 Å². The van der Waals surface area contributed by atoms with Gasteiger partial charge in [0.2, 0.25) is 11.8 Å². The summed E-state index contributed by atoms with van der Waals surface area (Å²) in [5.41, 5.74) is 7.87. The Bertz CT molecular complexity index is 1110. The van der Waals surface area contributed by atoms with Crippen LogP contribution in [0.15, 0.2) is 12.1 Å². The maximum atomic E-state index is 13.3. The van der Waals surface area contributed by atoms with Crippen LogP contribution in [0.2, 0.25) is 0 Å². The summed E-state index contributed by atoms with van der Waals surface area (Å²) in [6, 6.07) is 2.93. The number of carbonyl (C=O) groups is 6. The average molecular weight is 443 g/mol. The van der Waals surface area contributed by atoms with E-state index in [1.54, 1.807) is 0 Å². The molecule has 4 rings (SSSR count). The number of Topliss-reactive ketones (excluding diaryl/α,β-unsaturated/α-hetero) is 4. The highest BCUT2D eigenvalue weighted by Crippen LogP contribution is 2.50. The summed E-state index contributed by atoms with van der Waals surface area (Å²) >= 11 is 0. The zero-order valence-electron chi connectivity index (χ0n) is 16.8. The number of aromatic hydroxyl groups is 1. The van der Waals surface area contributed by atoms with Crippen molar-refractivity contribution in [2.24, 2.45) is 35.1 Å². The number of nitrogens with two attached hydrogens (primary N) is 2. The lowest BCUT2D eigenvalue weighted by molar-refractivity contribution is -0.175. The Morgan fingerprint density at radius 1 is 1.12 bits per heavy atom. The van der Waals surface area contributed by atoms with Gasteiger partial charge < -0.3 is 27.0 Å².